The second-order valence-corrected chi connectivity index (χ2v) is 7.27. The normalized spacial score (nSPS) is 19.4. The second-order valence-electron chi connectivity index (χ2n) is 4.97. The Morgan fingerprint density at radius 1 is 1.38 bits per heavy atom. The molecule has 1 fully saturated rings. The first-order valence-corrected chi connectivity index (χ1v) is 8.11. The van der Waals surface area contributed by atoms with Crippen LogP contribution in [-0.2, 0) is 16.0 Å². The van der Waals surface area contributed by atoms with Gasteiger partial charge in [0.15, 0.2) is 5.69 Å². The third kappa shape index (κ3) is 4.19. The summed E-state index contributed by atoms with van der Waals surface area (Å²) in [6.07, 6.45) is -3.70. The van der Waals surface area contributed by atoms with E-state index in [1.165, 1.54) is 0 Å². The van der Waals surface area contributed by atoms with E-state index >= 15 is 0 Å². The second kappa shape index (κ2) is 5.66. The summed E-state index contributed by atoms with van der Waals surface area (Å²) in [7, 11) is -2.97. The summed E-state index contributed by atoms with van der Waals surface area (Å²) in [5.41, 5.74) is -1.43. The highest BCUT2D eigenvalue weighted by atomic mass is 32.2. The summed E-state index contributed by atoms with van der Waals surface area (Å²) in [5, 5.41) is 7.55. The molecular weight excluding hydrogens is 311 g/mol. The number of alkyl halides is 3. The van der Waals surface area contributed by atoms with Crippen molar-refractivity contribution >= 4 is 15.7 Å². The Hall–Kier alpha value is -1.58. The zero-order valence-corrected chi connectivity index (χ0v) is 11.7. The number of amides is 1. The summed E-state index contributed by atoms with van der Waals surface area (Å²) >= 11 is 0. The number of halogens is 3. The molecule has 1 aromatic rings. The van der Waals surface area contributed by atoms with Gasteiger partial charge < -0.3 is 5.32 Å². The largest absolute Gasteiger partial charge is 0.432 e. The lowest BCUT2D eigenvalue weighted by molar-refractivity contribution is -0.141. The highest BCUT2D eigenvalue weighted by molar-refractivity contribution is 7.91. The number of hydrogen-bond donors (Lipinski definition) is 2. The van der Waals surface area contributed by atoms with Gasteiger partial charge in [-0.05, 0) is 18.8 Å². The van der Waals surface area contributed by atoms with Gasteiger partial charge >= 0.3 is 6.18 Å². The Kier molecular flexibility index (Phi) is 4.26. The van der Waals surface area contributed by atoms with Crippen LogP contribution in [0.15, 0.2) is 6.07 Å². The van der Waals surface area contributed by atoms with Gasteiger partial charge in [0, 0.05) is 12.6 Å². The van der Waals surface area contributed by atoms with Crippen LogP contribution >= 0.6 is 0 Å². The van der Waals surface area contributed by atoms with Crippen LogP contribution < -0.4 is 5.32 Å². The predicted molar refractivity (Wildman–Crippen MR) is 67.3 cm³/mol. The van der Waals surface area contributed by atoms with Gasteiger partial charge in [0.25, 0.3) is 5.91 Å². The highest BCUT2D eigenvalue weighted by Crippen LogP contribution is 2.27. The molecule has 21 heavy (non-hydrogen) atoms. The van der Waals surface area contributed by atoms with Gasteiger partial charge in [-0.1, -0.05) is 0 Å². The van der Waals surface area contributed by atoms with Crippen molar-refractivity contribution in [3.63, 3.8) is 0 Å². The van der Waals surface area contributed by atoms with E-state index < -0.39 is 27.6 Å². The molecule has 2 heterocycles. The van der Waals surface area contributed by atoms with Crippen LogP contribution in [0, 0.1) is 5.92 Å². The number of carbonyl (C=O) groups is 1. The zero-order chi connectivity index (χ0) is 15.7. The molecule has 118 valence electrons. The van der Waals surface area contributed by atoms with Crippen molar-refractivity contribution in [2.45, 2.75) is 19.0 Å². The maximum atomic E-state index is 12.4. The lowest BCUT2D eigenvalue weighted by Gasteiger charge is -2.21. The minimum atomic E-state index is -4.58. The fraction of sp³-hybridized carbons (Fsp3) is 0.636. The minimum Gasteiger partial charge on any atom is -0.350 e. The average Bonchev–Trinajstić information content (AvgIpc) is 2.86. The number of nitrogens with one attached hydrogen (secondary N) is 2. The molecule has 2 rings (SSSR count). The van der Waals surface area contributed by atoms with Crippen LogP contribution in [0.2, 0.25) is 0 Å². The first-order valence-electron chi connectivity index (χ1n) is 6.28. The van der Waals surface area contributed by atoms with Crippen molar-refractivity contribution < 1.29 is 26.4 Å². The molecule has 0 saturated carbocycles. The summed E-state index contributed by atoms with van der Waals surface area (Å²) in [4.78, 5) is 11.7. The fourth-order valence-electron chi connectivity index (χ4n) is 2.05. The van der Waals surface area contributed by atoms with Crippen molar-refractivity contribution in [3.8, 4) is 0 Å². The van der Waals surface area contributed by atoms with Crippen LogP contribution in [0.25, 0.3) is 0 Å². The van der Waals surface area contributed by atoms with Crippen LogP contribution in [0.1, 0.15) is 29.0 Å². The molecule has 0 unspecified atom stereocenters. The molecule has 1 aliphatic rings. The summed E-state index contributed by atoms with van der Waals surface area (Å²) in [6.45, 7) is 0.225. The van der Waals surface area contributed by atoms with E-state index in [1.807, 2.05) is 0 Å². The molecule has 1 saturated heterocycles. The molecule has 0 bridgehead atoms. The summed E-state index contributed by atoms with van der Waals surface area (Å²) < 4.78 is 59.6. The van der Waals surface area contributed by atoms with Crippen molar-refractivity contribution in [1.82, 2.24) is 15.5 Å². The van der Waals surface area contributed by atoms with E-state index in [0.717, 1.165) is 0 Å². The Morgan fingerprint density at radius 2 is 2.00 bits per heavy atom. The van der Waals surface area contributed by atoms with Gasteiger partial charge in [-0.25, -0.2) is 8.42 Å². The number of H-pyrrole nitrogens is 1. The van der Waals surface area contributed by atoms with E-state index in [0.29, 0.717) is 18.9 Å². The topological polar surface area (TPSA) is 91.9 Å². The smallest absolute Gasteiger partial charge is 0.350 e. The van der Waals surface area contributed by atoms with Gasteiger partial charge in [-0.3, -0.25) is 9.89 Å². The number of rotatable bonds is 3. The number of nitrogens with zero attached hydrogens (tertiary/aromatic N) is 1. The molecule has 2 N–H and O–H groups in total. The number of carbonyl (C=O) groups excluding carboxylic acids is 1. The van der Waals surface area contributed by atoms with Crippen molar-refractivity contribution in [1.29, 1.82) is 0 Å². The maximum Gasteiger partial charge on any atom is 0.432 e. The molecule has 10 heteroatoms. The number of hydrogen-bond acceptors (Lipinski definition) is 4. The van der Waals surface area contributed by atoms with Crippen LogP contribution in [-0.4, -0.2) is 42.6 Å². The first-order chi connectivity index (χ1) is 9.67. The number of sulfone groups is 1. The fourth-order valence-corrected chi connectivity index (χ4v) is 3.64. The molecule has 0 atom stereocenters. The lowest BCUT2D eigenvalue weighted by atomic mass is 10.0. The van der Waals surface area contributed by atoms with Gasteiger partial charge in [-0.2, -0.15) is 18.3 Å². The van der Waals surface area contributed by atoms with Gasteiger partial charge in [0.05, 0.1) is 11.5 Å². The van der Waals surface area contributed by atoms with Gasteiger partial charge in [0.2, 0.25) is 0 Å². The molecule has 1 aliphatic heterocycles. The third-order valence-corrected chi connectivity index (χ3v) is 5.06. The van der Waals surface area contributed by atoms with E-state index in [2.05, 4.69) is 10.4 Å². The monoisotopic (exact) mass is 325 g/mol. The van der Waals surface area contributed by atoms with E-state index in [-0.39, 0.29) is 29.7 Å². The Morgan fingerprint density at radius 3 is 2.52 bits per heavy atom. The maximum absolute atomic E-state index is 12.4. The molecule has 1 amide bonds. The van der Waals surface area contributed by atoms with Gasteiger partial charge in [0.1, 0.15) is 15.5 Å². The number of aromatic nitrogens is 2. The molecule has 0 aromatic carbocycles. The quantitative estimate of drug-likeness (QED) is 0.867. The van der Waals surface area contributed by atoms with E-state index in [4.69, 9.17) is 0 Å². The summed E-state index contributed by atoms with van der Waals surface area (Å²) in [5.74, 6) is -0.545. The van der Waals surface area contributed by atoms with Crippen LogP contribution in [0.4, 0.5) is 13.2 Å². The molecule has 0 radical (unpaired) electrons. The minimum absolute atomic E-state index is 0.0125. The van der Waals surface area contributed by atoms with E-state index in [1.54, 1.807) is 5.10 Å². The Bertz CT molecular complexity index is 610. The molecule has 0 spiro atoms. The zero-order valence-electron chi connectivity index (χ0n) is 10.9. The number of aromatic amines is 1. The Balaban J connectivity index is 1.87. The summed E-state index contributed by atoms with van der Waals surface area (Å²) in [6, 6.07) is 0.640. The highest BCUT2D eigenvalue weighted by Gasteiger charge is 2.34. The molecule has 1 aromatic heterocycles. The van der Waals surface area contributed by atoms with Crippen LogP contribution in [0.3, 0.4) is 0 Å². The average molecular weight is 325 g/mol. The van der Waals surface area contributed by atoms with Crippen molar-refractivity contribution in [2.24, 2.45) is 5.92 Å². The lowest BCUT2D eigenvalue weighted by Crippen LogP contribution is -2.34. The molecular formula is C11H14F3N3O3S. The molecule has 0 aliphatic carbocycles. The van der Waals surface area contributed by atoms with E-state index in [9.17, 15) is 26.4 Å². The van der Waals surface area contributed by atoms with Crippen molar-refractivity contribution in [3.05, 3.63) is 17.5 Å². The first kappa shape index (κ1) is 15.8. The SMILES string of the molecule is O=C(NCC1CCS(=O)(=O)CC1)c1cc(C(F)(F)F)[nH]n1. The standard InChI is InChI=1S/C11H14F3N3O3S/c12-11(13,14)9-5-8(16-17-9)10(18)15-6-7-1-3-21(19,20)4-2-7/h5,7H,1-4,6H2,(H,15,18)(H,16,17). The van der Waals surface area contributed by atoms with Crippen molar-refractivity contribution in [2.75, 3.05) is 18.1 Å². The third-order valence-electron chi connectivity index (χ3n) is 3.34. The Labute approximate surface area is 119 Å². The molecule has 6 nitrogen and oxygen atoms in total. The van der Waals surface area contributed by atoms with Crippen LogP contribution in [0.5, 0.6) is 0 Å². The van der Waals surface area contributed by atoms with Gasteiger partial charge in [-0.15, -0.1) is 0 Å². The predicted octanol–water partition coefficient (Wildman–Crippen LogP) is 0.983.